The molecule has 1 amide bonds. The molecule has 0 radical (unpaired) electrons. The van der Waals surface area contributed by atoms with Gasteiger partial charge in [-0.1, -0.05) is 25.1 Å². The number of hydrogen-bond acceptors (Lipinski definition) is 4. The maximum Gasteiger partial charge on any atom is 0.264 e. The maximum absolute atomic E-state index is 12.8. The van der Waals surface area contributed by atoms with E-state index in [1.54, 1.807) is 36.9 Å². The Morgan fingerprint density at radius 3 is 2.62 bits per heavy atom. The summed E-state index contributed by atoms with van der Waals surface area (Å²) < 4.78 is 5.27. The number of para-hydroxylation sites is 1. The Bertz CT molecular complexity index is 788. The van der Waals surface area contributed by atoms with Crippen molar-refractivity contribution in [2.24, 2.45) is 0 Å². The summed E-state index contributed by atoms with van der Waals surface area (Å²) >= 11 is 0. The highest BCUT2D eigenvalue weighted by atomic mass is 16.3. The van der Waals surface area contributed by atoms with E-state index in [4.69, 9.17) is 4.42 Å². The molecular formula is C19H21NO4. The van der Waals surface area contributed by atoms with Gasteiger partial charge in [-0.2, -0.15) is 0 Å². The average molecular weight is 327 g/mol. The normalized spacial score (nSPS) is 19.7. The summed E-state index contributed by atoms with van der Waals surface area (Å²) in [6, 6.07) is 7.11. The molecule has 2 aromatic rings. The number of amides is 1. The van der Waals surface area contributed by atoms with Gasteiger partial charge in [-0.3, -0.25) is 9.59 Å². The monoisotopic (exact) mass is 327 g/mol. The number of aryl methyl sites for hydroxylation is 2. The van der Waals surface area contributed by atoms with E-state index in [1.807, 2.05) is 13.0 Å². The van der Waals surface area contributed by atoms with Gasteiger partial charge in [0.15, 0.2) is 11.4 Å². The summed E-state index contributed by atoms with van der Waals surface area (Å²) in [5.41, 5.74) is 0.516. The van der Waals surface area contributed by atoms with Crippen molar-refractivity contribution in [1.29, 1.82) is 0 Å². The van der Waals surface area contributed by atoms with E-state index in [0.717, 1.165) is 6.42 Å². The number of ketones is 1. The zero-order valence-electron chi connectivity index (χ0n) is 14.1. The molecule has 0 saturated carbocycles. The molecule has 1 aliphatic rings. The van der Waals surface area contributed by atoms with Gasteiger partial charge in [-0.05, 0) is 31.9 Å². The number of hydrogen-bond donors (Lipinski definition) is 1. The van der Waals surface area contributed by atoms with E-state index in [-0.39, 0.29) is 12.2 Å². The van der Waals surface area contributed by atoms with Gasteiger partial charge < -0.3 is 14.4 Å². The molecule has 0 spiro atoms. The minimum Gasteiger partial charge on any atom is -0.469 e. The first kappa shape index (κ1) is 16.5. The van der Waals surface area contributed by atoms with Crippen LogP contribution in [0, 0.1) is 13.8 Å². The SMILES string of the molecule is CCCN1C(=O)C(O)(CC(=O)c2c(C)coc2C)c2ccccc21. The van der Waals surface area contributed by atoms with Crippen LogP contribution in [-0.4, -0.2) is 23.3 Å². The third kappa shape index (κ3) is 2.36. The van der Waals surface area contributed by atoms with Gasteiger partial charge in [0, 0.05) is 12.1 Å². The Hall–Kier alpha value is -2.40. The van der Waals surface area contributed by atoms with Crippen molar-refractivity contribution in [3.05, 3.63) is 53.0 Å². The van der Waals surface area contributed by atoms with Crippen molar-refractivity contribution in [3.8, 4) is 0 Å². The Balaban J connectivity index is 2.00. The average Bonchev–Trinajstić information content (AvgIpc) is 2.99. The highest BCUT2D eigenvalue weighted by molar-refractivity contribution is 6.11. The lowest BCUT2D eigenvalue weighted by molar-refractivity contribution is -0.135. The molecule has 126 valence electrons. The highest BCUT2D eigenvalue weighted by Crippen LogP contribution is 2.43. The second-order valence-electron chi connectivity index (χ2n) is 6.28. The van der Waals surface area contributed by atoms with Crippen LogP contribution < -0.4 is 4.90 Å². The molecular weight excluding hydrogens is 306 g/mol. The summed E-state index contributed by atoms with van der Waals surface area (Å²) in [6.45, 7) is 5.96. The van der Waals surface area contributed by atoms with Gasteiger partial charge in [0.2, 0.25) is 0 Å². The van der Waals surface area contributed by atoms with Gasteiger partial charge in [0.1, 0.15) is 5.76 Å². The molecule has 0 saturated heterocycles. The molecule has 1 aromatic heterocycles. The quantitative estimate of drug-likeness (QED) is 0.857. The summed E-state index contributed by atoms with van der Waals surface area (Å²) in [6.07, 6.45) is 1.99. The number of Topliss-reactive ketones (excluding diaryl/α,β-unsaturated/α-hetero) is 1. The van der Waals surface area contributed by atoms with E-state index in [2.05, 4.69) is 0 Å². The smallest absolute Gasteiger partial charge is 0.264 e. The standard InChI is InChI=1S/C19H21NO4/c1-4-9-20-15-8-6-5-7-14(15)19(23,18(20)22)10-16(21)17-12(2)11-24-13(17)3/h5-8,11,23H,4,9-10H2,1-3H3. The predicted molar refractivity (Wildman–Crippen MR) is 90.1 cm³/mol. The molecule has 1 unspecified atom stereocenters. The maximum atomic E-state index is 12.8. The second-order valence-corrected chi connectivity index (χ2v) is 6.28. The molecule has 0 fully saturated rings. The first-order chi connectivity index (χ1) is 11.4. The zero-order valence-corrected chi connectivity index (χ0v) is 14.1. The molecule has 0 aliphatic carbocycles. The number of nitrogens with zero attached hydrogens (tertiary/aromatic N) is 1. The highest BCUT2D eigenvalue weighted by Gasteiger charge is 2.50. The first-order valence-corrected chi connectivity index (χ1v) is 8.12. The lowest BCUT2D eigenvalue weighted by Gasteiger charge is -2.22. The Morgan fingerprint density at radius 2 is 2.00 bits per heavy atom. The van der Waals surface area contributed by atoms with Crippen LogP contribution in [0.4, 0.5) is 5.69 Å². The van der Waals surface area contributed by atoms with Crippen molar-refractivity contribution in [2.45, 2.75) is 39.2 Å². The van der Waals surface area contributed by atoms with Crippen LogP contribution in [0.2, 0.25) is 0 Å². The molecule has 24 heavy (non-hydrogen) atoms. The number of carbonyl (C=O) groups is 2. The van der Waals surface area contributed by atoms with Crippen LogP contribution in [0.1, 0.15) is 47.0 Å². The largest absolute Gasteiger partial charge is 0.469 e. The fourth-order valence-corrected chi connectivity index (χ4v) is 3.43. The lowest BCUT2D eigenvalue weighted by atomic mass is 9.87. The summed E-state index contributed by atoms with van der Waals surface area (Å²) in [7, 11) is 0. The predicted octanol–water partition coefficient (Wildman–Crippen LogP) is 3.11. The van der Waals surface area contributed by atoms with Crippen molar-refractivity contribution >= 4 is 17.4 Å². The number of carbonyl (C=O) groups excluding carboxylic acids is 2. The second kappa shape index (κ2) is 5.91. The summed E-state index contributed by atoms with van der Waals surface area (Å²) in [4.78, 5) is 27.2. The van der Waals surface area contributed by atoms with Crippen molar-refractivity contribution < 1.29 is 19.1 Å². The molecule has 1 N–H and O–H groups in total. The molecule has 1 aromatic carbocycles. The topological polar surface area (TPSA) is 70.8 Å². The van der Waals surface area contributed by atoms with Gasteiger partial charge in [-0.15, -0.1) is 0 Å². The molecule has 1 aliphatic heterocycles. The molecule has 0 bridgehead atoms. The molecule has 5 heteroatoms. The number of furan rings is 1. The van der Waals surface area contributed by atoms with E-state index < -0.39 is 11.5 Å². The minimum atomic E-state index is -1.82. The van der Waals surface area contributed by atoms with E-state index in [1.165, 1.54) is 6.26 Å². The number of aliphatic hydroxyl groups is 1. The van der Waals surface area contributed by atoms with Crippen LogP contribution in [0.3, 0.4) is 0 Å². The Morgan fingerprint density at radius 1 is 1.29 bits per heavy atom. The van der Waals surface area contributed by atoms with Crippen LogP contribution in [0.15, 0.2) is 34.9 Å². The minimum absolute atomic E-state index is 0.287. The fraction of sp³-hybridized carbons (Fsp3) is 0.368. The Labute approximate surface area is 140 Å². The number of rotatable bonds is 5. The van der Waals surface area contributed by atoms with Gasteiger partial charge in [0.05, 0.1) is 23.9 Å². The first-order valence-electron chi connectivity index (χ1n) is 8.12. The number of benzene rings is 1. The van der Waals surface area contributed by atoms with E-state index in [9.17, 15) is 14.7 Å². The molecule has 5 nitrogen and oxygen atoms in total. The summed E-state index contributed by atoms with van der Waals surface area (Å²) in [5.74, 6) is -0.217. The number of anilines is 1. The van der Waals surface area contributed by atoms with Crippen LogP contribution in [0.25, 0.3) is 0 Å². The number of fused-ring (bicyclic) bond motifs is 1. The molecule has 2 heterocycles. The molecule has 1 atom stereocenters. The third-order valence-electron chi connectivity index (χ3n) is 4.54. The lowest BCUT2D eigenvalue weighted by Crippen LogP contribution is -2.42. The summed E-state index contributed by atoms with van der Waals surface area (Å²) in [5, 5.41) is 11.1. The third-order valence-corrected chi connectivity index (χ3v) is 4.54. The Kier molecular flexibility index (Phi) is 4.05. The van der Waals surface area contributed by atoms with Gasteiger partial charge in [-0.25, -0.2) is 0 Å². The van der Waals surface area contributed by atoms with Gasteiger partial charge >= 0.3 is 0 Å². The fourth-order valence-electron chi connectivity index (χ4n) is 3.43. The van der Waals surface area contributed by atoms with Crippen LogP contribution in [-0.2, 0) is 10.4 Å². The van der Waals surface area contributed by atoms with Gasteiger partial charge in [0.25, 0.3) is 5.91 Å². The van der Waals surface area contributed by atoms with Crippen molar-refractivity contribution in [1.82, 2.24) is 0 Å². The van der Waals surface area contributed by atoms with Crippen LogP contribution >= 0.6 is 0 Å². The van der Waals surface area contributed by atoms with E-state index in [0.29, 0.717) is 34.7 Å². The van der Waals surface area contributed by atoms with Crippen molar-refractivity contribution in [2.75, 3.05) is 11.4 Å². The van der Waals surface area contributed by atoms with Crippen LogP contribution in [0.5, 0.6) is 0 Å². The van der Waals surface area contributed by atoms with Crippen molar-refractivity contribution in [3.63, 3.8) is 0 Å². The van der Waals surface area contributed by atoms with E-state index >= 15 is 0 Å². The molecule has 3 rings (SSSR count). The zero-order chi connectivity index (χ0) is 17.5.